The second-order valence-corrected chi connectivity index (χ2v) is 9.47. The summed E-state index contributed by atoms with van der Waals surface area (Å²) >= 11 is 5.84. The molecule has 0 unspecified atom stereocenters. The second-order valence-electron chi connectivity index (χ2n) is 7.10. The molecule has 2 aromatic rings. The third-order valence-corrected chi connectivity index (χ3v) is 7.55. The van der Waals surface area contributed by atoms with Gasteiger partial charge in [-0.2, -0.15) is 9.29 Å². The molecule has 0 amide bonds. The summed E-state index contributed by atoms with van der Waals surface area (Å²) in [4.78, 5) is 4.76. The third kappa shape index (κ3) is 3.15. The zero-order valence-electron chi connectivity index (χ0n) is 14.3. The molecule has 0 bridgehead atoms. The lowest BCUT2D eigenvalue weighted by atomic mass is 9.77. The molecule has 26 heavy (non-hydrogen) atoms. The van der Waals surface area contributed by atoms with Crippen molar-refractivity contribution in [2.45, 2.75) is 48.5 Å². The SMILES string of the molecule is NC1(c2noc(C3CCN(S(=O)(=O)c4ccc(Cl)cc4)CC3)n2)CCC1. The van der Waals surface area contributed by atoms with Gasteiger partial charge >= 0.3 is 0 Å². The predicted molar refractivity (Wildman–Crippen MR) is 96.2 cm³/mol. The number of sulfonamides is 1. The fourth-order valence-electron chi connectivity index (χ4n) is 3.48. The highest BCUT2D eigenvalue weighted by Gasteiger charge is 2.40. The summed E-state index contributed by atoms with van der Waals surface area (Å²) in [6, 6.07) is 6.25. The van der Waals surface area contributed by atoms with Gasteiger partial charge in [-0.25, -0.2) is 8.42 Å². The molecule has 4 rings (SSSR count). The van der Waals surface area contributed by atoms with Gasteiger partial charge in [-0.3, -0.25) is 0 Å². The van der Waals surface area contributed by atoms with E-state index in [0.29, 0.717) is 42.7 Å². The smallest absolute Gasteiger partial charge is 0.243 e. The molecular weight excluding hydrogens is 376 g/mol. The van der Waals surface area contributed by atoms with Gasteiger partial charge in [-0.05, 0) is 56.4 Å². The predicted octanol–water partition coefficient (Wildman–Crippen LogP) is 2.63. The van der Waals surface area contributed by atoms with Crippen molar-refractivity contribution in [1.82, 2.24) is 14.4 Å². The first-order valence-corrected chi connectivity index (χ1v) is 10.6. The molecule has 2 N–H and O–H groups in total. The maximum absolute atomic E-state index is 12.7. The van der Waals surface area contributed by atoms with E-state index in [1.165, 1.54) is 16.4 Å². The Bertz CT molecular complexity index is 885. The molecule has 0 radical (unpaired) electrons. The highest BCUT2D eigenvalue weighted by molar-refractivity contribution is 7.89. The molecule has 7 nitrogen and oxygen atoms in total. The maximum Gasteiger partial charge on any atom is 0.243 e. The van der Waals surface area contributed by atoms with Crippen LogP contribution in [0, 0.1) is 0 Å². The van der Waals surface area contributed by atoms with E-state index in [9.17, 15) is 8.42 Å². The molecule has 1 saturated heterocycles. The van der Waals surface area contributed by atoms with E-state index in [2.05, 4.69) is 10.1 Å². The van der Waals surface area contributed by atoms with Gasteiger partial charge in [-0.15, -0.1) is 0 Å². The summed E-state index contributed by atoms with van der Waals surface area (Å²) in [6.07, 6.45) is 4.13. The fourth-order valence-corrected chi connectivity index (χ4v) is 5.08. The van der Waals surface area contributed by atoms with Gasteiger partial charge in [0.2, 0.25) is 15.9 Å². The number of piperidine rings is 1. The van der Waals surface area contributed by atoms with Crippen LogP contribution in [0.5, 0.6) is 0 Å². The fraction of sp³-hybridized carbons (Fsp3) is 0.529. The molecule has 1 aromatic carbocycles. The number of hydrogen-bond acceptors (Lipinski definition) is 6. The third-order valence-electron chi connectivity index (χ3n) is 5.39. The Morgan fingerprint density at radius 3 is 2.42 bits per heavy atom. The normalized spacial score (nSPS) is 21.5. The van der Waals surface area contributed by atoms with E-state index in [4.69, 9.17) is 21.9 Å². The Labute approximate surface area is 157 Å². The number of hydrogen-bond donors (Lipinski definition) is 1. The quantitative estimate of drug-likeness (QED) is 0.852. The molecule has 0 spiro atoms. The van der Waals surface area contributed by atoms with Crippen LogP contribution in [-0.4, -0.2) is 36.0 Å². The van der Waals surface area contributed by atoms with Gasteiger partial charge in [0.1, 0.15) is 0 Å². The van der Waals surface area contributed by atoms with Crippen LogP contribution < -0.4 is 5.73 Å². The minimum atomic E-state index is -3.51. The number of nitrogens with zero attached hydrogens (tertiary/aromatic N) is 3. The molecule has 2 fully saturated rings. The zero-order valence-corrected chi connectivity index (χ0v) is 15.8. The topological polar surface area (TPSA) is 102 Å². The van der Waals surface area contributed by atoms with E-state index in [1.54, 1.807) is 12.1 Å². The van der Waals surface area contributed by atoms with Gasteiger partial charge in [-0.1, -0.05) is 16.8 Å². The second kappa shape index (κ2) is 6.60. The van der Waals surface area contributed by atoms with Gasteiger partial charge in [0, 0.05) is 24.0 Å². The number of halogens is 1. The van der Waals surface area contributed by atoms with Crippen molar-refractivity contribution >= 4 is 21.6 Å². The molecule has 1 aliphatic heterocycles. The van der Waals surface area contributed by atoms with Gasteiger partial charge in [0.15, 0.2) is 5.82 Å². The summed E-state index contributed by atoms with van der Waals surface area (Å²) in [5.41, 5.74) is 5.80. The molecule has 9 heteroatoms. The molecular formula is C17H21ClN4O3S. The Morgan fingerprint density at radius 1 is 1.19 bits per heavy atom. The van der Waals surface area contributed by atoms with Crippen LogP contribution >= 0.6 is 11.6 Å². The van der Waals surface area contributed by atoms with Crippen molar-refractivity contribution in [3.05, 3.63) is 41.0 Å². The van der Waals surface area contributed by atoms with Crippen LogP contribution in [0.25, 0.3) is 0 Å². The Hall–Kier alpha value is -1.48. The van der Waals surface area contributed by atoms with Crippen LogP contribution in [0.3, 0.4) is 0 Å². The monoisotopic (exact) mass is 396 g/mol. The van der Waals surface area contributed by atoms with Crippen molar-refractivity contribution in [2.75, 3.05) is 13.1 Å². The van der Waals surface area contributed by atoms with Crippen molar-refractivity contribution in [3.8, 4) is 0 Å². The average Bonchev–Trinajstić information content (AvgIpc) is 3.10. The Morgan fingerprint density at radius 2 is 1.85 bits per heavy atom. The lowest BCUT2D eigenvalue weighted by Crippen LogP contribution is -2.44. The molecule has 2 heterocycles. The Kier molecular flexibility index (Phi) is 4.54. The van der Waals surface area contributed by atoms with E-state index in [1.807, 2.05) is 0 Å². The molecule has 140 valence electrons. The minimum Gasteiger partial charge on any atom is -0.339 e. The zero-order chi connectivity index (χ0) is 18.4. The van der Waals surface area contributed by atoms with Crippen molar-refractivity contribution < 1.29 is 12.9 Å². The highest BCUT2D eigenvalue weighted by atomic mass is 35.5. The largest absolute Gasteiger partial charge is 0.339 e. The van der Waals surface area contributed by atoms with Gasteiger partial charge in [0.05, 0.1) is 10.4 Å². The molecule has 1 saturated carbocycles. The first kappa shape index (κ1) is 17.9. The summed E-state index contributed by atoms with van der Waals surface area (Å²) < 4.78 is 32.4. The van der Waals surface area contributed by atoms with Crippen molar-refractivity contribution in [2.24, 2.45) is 5.73 Å². The lowest BCUT2D eigenvalue weighted by Gasteiger charge is -2.34. The standard InChI is InChI=1S/C17H21ClN4O3S/c18-13-2-4-14(5-3-13)26(23,24)22-10-6-12(7-11-22)15-20-16(21-25-15)17(19)8-1-9-17/h2-5,12H,1,6-11,19H2. The van der Waals surface area contributed by atoms with Crippen LogP contribution in [0.4, 0.5) is 0 Å². The first-order valence-electron chi connectivity index (χ1n) is 8.77. The van der Waals surface area contributed by atoms with Crippen molar-refractivity contribution in [3.63, 3.8) is 0 Å². The molecule has 1 aromatic heterocycles. The molecule has 0 atom stereocenters. The highest BCUT2D eigenvalue weighted by Crippen LogP contribution is 2.38. The van der Waals surface area contributed by atoms with Crippen molar-refractivity contribution in [1.29, 1.82) is 0 Å². The maximum atomic E-state index is 12.7. The van der Waals surface area contributed by atoms with Crippen LogP contribution in [0.1, 0.15) is 49.7 Å². The van der Waals surface area contributed by atoms with Crippen LogP contribution in [0.2, 0.25) is 5.02 Å². The van der Waals surface area contributed by atoms with E-state index >= 15 is 0 Å². The minimum absolute atomic E-state index is 0.0663. The Balaban J connectivity index is 1.43. The first-order chi connectivity index (χ1) is 12.4. The summed E-state index contributed by atoms with van der Waals surface area (Å²) in [7, 11) is -3.51. The molecule has 2 aliphatic rings. The van der Waals surface area contributed by atoms with E-state index in [-0.39, 0.29) is 10.8 Å². The van der Waals surface area contributed by atoms with E-state index in [0.717, 1.165) is 19.3 Å². The summed E-state index contributed by atoms with van der Waals surface area (Å²) in [5.74, 6) is 1.21. The van der Waals surface area contributed by atoms with Gasteiger partial charge < -0.3 is 10.3 Å². The van der Waals surface area contributed by atoms with Gasteiger partial charge in [0.25, 0.3) is 0 Å². The number of aromatic nitrogens is 2. The molecule has 1 aliphatic carbocycles. The summed E-state index contributed by atoms with van der Waals surface area (Å²) in [5, 5.41) is 4.57. The lowest BCUT2D eigenvalue weighted by molar-refractivity contribution is 0.227. The average molecular weight is 397 g/mol. The van der Waals surface area contributed by atoms with Crippen LogP contribution in [-0.2, 0) is 15.6 Å². The number of rotatable bonds is 4. The van der Waals surface area contributed by atoms with Crippen LogP contribution in [0.15, 0.2) is 33.7 Å². The summed E-state index contributed by atoms with van der Waals surface area (Å²) in [6.45, 7) is 0.836. The number of benzene rings is 1. The van der Waals surface area contributed by atoms with E-state index < -0.39 is 15.6 Å². The number of nitrogens with two attached hydrogens (primary N) is 1.